The summed E-state index contributed by atoms with van der Waals surface area (Å²) in [5.74, 6) is -0.343. The summed E-state index contributed by atoms with van der Waals surface area (Å²) in [6, 6.07) is 5.77. The molecule has 1 aliphatic rings. The first-order valence-electron chi connectivity index (χ1n) is 9.60. The van der Waals surface area contributed by atoms with Gasteiger partial charge in [0.05, 0.1) is 11.1 Å². The first kappa shape index (κ1) is 20.4. The fraction of sp³-hybridized carbons (Fsp3) is 0.318. The molecule has 1 saturated heterocycles. The van der Waals surface area contributed by atoms with Crippen molar-refractivity contribution in [2.75, 3.05) is 20.1 Å². The molecule has 3 N–H and O–H groups in total. The van der Waals surface area contributed by atoms with Crippen molar-refractivity contribution in [2.24, 2.45) is 10.8 Å². The van der Waals surface area contributed by atoms with Crippen LogP contribution in [0.5, 0.6) is 0 Å². The van der Waals surface area contributed by atoms with Crippen molar-refractivity contribution in [2.45, 2.75) is 25.7 Å². The maximum Gasteiger partial charge on any atom is 0.250 e. The molecule has 29 heavy (non-hydrogen) atoms. The van der Waals surface area contributed by atoms with Crippen LogP contribution in [0.15, 0.2) is 42.2 Å². The molecule has 0 bridgehead atoms. The average molecular weight is 393 g/mol. The van der Waals surface area contributed by atoms with Crippen LogP contribution in [0.1, 0.15) is 47.3 Å². The lowest BCUT2D eigenvalue weighted by atomic mass is 9.87. The summed E-state index contributed by atoms with van der Waals surface area (Å²) in [4.78, 5) is 29.2. The van der Waals surface area contributed by atoms with Gasteiger partial charge in [-0.1, -0.05) is 12.6 Å². The number of aromatic amines is 1. The molecule has 0 radical (unpaired) electrons. The second kappa shape index (κ2) is 8.34. The molecule has 7 nitrogen and oxygen atoms in total. The first-order valence-corrected chi connectivity index (χ1v) is 9.60. The fourth-order valence-electron chi connectivity index (χ4n) is 3.97. The molecular weight excluding hydrogens is 366 g/mol. The number of rotatable bonds is 6. The number of hydrazone groups is 1. The van der Waals surface area contributed by atoms with Gasteiger partial charge in [-0.25, -0.2) is 0 Å². The van der Waals surface area contributed by atoms with Crippen molar-refractivity contribution in [1.29, 1.82) is 0 Å². The van der Waals surface area contributed by atoms with Gasteiger partial charge in [0, 0.05) is 50.1 Å². The van der Waals surface area contributed by atoms with Crippen LogP contribution >= 0.6 is 0 Å². The summed E-state index contributed by atoms with van der Waals surface area (Å²) in [6.07, 6.45) is 5.12. The second-order valence-corrected chi connectivity index (χ2v) is 7.39. The van der Waals surface area contributed by atoms with Gasteiger partial charge in [0.15, 0.2) is 0 Å². The highest BCUT2D eigenvalue weighted by Crippen LogP contribution is 2.35. The highest BCUT2D eigenvalue weighted by atomic mass is 16.2. The predicted octanol–water partition coefficient (Wildman–Crippen LogP) is 3.07. The molecule has 1 fully saturated rings. The third-order valence-electron chi connectivity index (χ3n) is 5.47. The molecule has 1 aliphatic heterocycles. The number of nitrogens with zero attached hydrogens (tertiary/aromatic N) is 3. The van der Waals surface area contributed by atoms with Crippen LogP contribution in [0.3, 0.4) is 0 Å². The van der Waals surface area contributed by atoms with Crippen LogP contribution in [0.25, 0.3) is 16.5 Å². The fourth-order valence-corrected chi connectivity index (χ4v) is 3.97. The van der Waals surface area contributed by atoms with E-state index in [1.165, 1.54) is 6.08 Å². The van der Waals surface area contributed by atoms with Gasteiger partial charge in [-0.2, -0.15) is 5.10 Å². The van der Waals surface area contributed by atoms with Crippen LogP contribution in [-0.2, 0) is 4.79 Å². The zero-order chi connectivity index (χ0) is 21.1. The molecule has 2 amide bonds. The number of benzene rings is 1. The number of amides is 2. The first-order chi connectivity index (χ1) is 13.8. The number of aromatic nitrogens is 1. The Hall–Kier alpha value is -3.35. The Morgan fingerprint density at radius 3 is 2.83 bits per heavy atom. The number of nitrogens with one attached hydrogen (secondary N) is 1. The number of H-pyrrole nitrogens is 1. The van der Waals surface area contributed by atoms with E-state index in [0.29, 0.717) is 12.1 Å². The van der Waals surface area contributed by atoms with Crippen molar-refractivity contribution in [1.82, 2.24) is 14.9 Å². The minimum Gasteiger partial charge on any atom is -0.366 e. The van der Waals surface area contributed by atoms with Gasteiger partial charge in [-0.05, 0) is 49.1 Å². The van der Waals surface area contributed by atoms with Crippen LogP contribution in [0.2, 0.25) is 0 Å². The molecular formula is C22H27N5O2. The van der Waals surface area contributed by atoms with E-state index in [4.69, 9.17) is 5.73 Å². The SMILES string of the molecule is C=CC(=O)N1CCCC(c2ccc(C(N)=O)c3[nH]c(/C(C)=C/N(C)N=C)cc23)C1. The molecule has 2 heterocycles. The number of piperidine rings is 1. The summed E-state index contributed by atoms with van der Waals surface area (Å²) in [7, 11) is 1.80. The minimum atomic E-state index is -0.478. The van der Waals surface area contributed by atoms with Crippen molar-refractivity contribution >= 4 is 35.0 Å². The molecule has 0 aliphatic carbocycles. The molecule has 2 aromatic rings. The lowest BCUT2D eigenvalue weighted by molar-refractivity contribution is -0.127. The third kappa shape index (κ3) is 4.08. The van der Waals surface area contributed by atoms with E-state index < -0.39 is 5.91 Å². The number of fused-ring (bicyclic) bond motifs is 1. The lowest BCUT2D eigenvalue weighted by Gasteiger charge is -2.32. The maximum atomic E-state index is 12.1. The van der Waals surface area contributed by atoms with Crippen LogP contribution in [0.4, 0.5) is 0 Å². The molecule has 1 atom stereocenters. The molecule has 7 heteroatoms. The summed E-state index contributed by atoms with van der Waals surface area (Å²) in [5, 5.41) is 6.43. The zero-order valence-electron chi connectivity index (χ0n) is 16.9. The number of allylic oxidation sites excluding steroid dienone is 1. The van der Waals surface area contributed by atoms with Gasteiger partial charge < -0.3 is 15.6 Å². The number of nitrogens with two attached hydrogens (primary N) is 1. The Bertz CT molecular complexity index is 1000. The summed E-state index contributed by atoms with van der Waals surface area (Å²) in [6.45, 7) is 10.4. The zero-order valence-corrected chi connectivity index (χ0v) is 16.9. The largest absolute Gasteiger partial charge is 0.366 e. The normalized spacial score (nSPS) is 17.2. The smallest absolute Gasteiger partial charge is 0.250 e. The van der Waals surface area contributed by atoms with E-state index in [1.54, 1.807) is 18.1 Å². The van der Waals surface area contributed by atoms with E-state index in [1.807, 2.05) is 30.2 Å². The highest BCUT2D eigenvalue weighted by molar-refractivity contribution is 6.06. The van der Waals surface area contributed by atoms with E-state index >= 15 is 0 Å². The molecule has 1 aromatic carbocycles. The molecule has 1 unspecified atom stereocenters. The molecule has 0 saturated carbocycles. The van der Waals surface area contributed by atoms with Crippen molar-refractivity contribution in [3.8, 4) is 0 Å². The highest BCUT2D eigenvalue weighted by Gasteiger charge is 2.26. The quantitative estimate of drug-likeness (QED) is 0.449. The average Bonchev–Trinajstić information content (AvgIpc) is 3.17. The van der Waals surface area contributed by atoms with Gasteiger partial charge in [0.1, 0.15) is 0 Å². The van der Waals surface area contributed by atoms with E-state index in [2.05, 4.69) is 23.4 Å². The Morgan fingerprint density at radius 2 is 2.17 bits per heavy atom. The van der Waals surface area contributed by atoms with Crippen LogP contribution < -0.4 is 5.73 Å². The van der Waals surface area contributed by atoms with E-state index in [9.17, 15) is 9.59 Å². The van der Waals surface area contributed by atoms with E-state index in [0.717, 1.165) is 47.1 Å². The number of hydrogen-bond acceptors (Lipinski definition) is 4. The molecule has 152 valence electrons. The Kier molecular flexibility index (Phi) is 5.87. The predicted molar refractivity (Wildman–Crippen MR) is 117 cm³/mol. The third-order valence-corrected chi connectivity index (χ3v) is 5.47. The van der Waals surface area contributed by atoms with Gasteiger partial charge in [0.25, 0.3) is 5.91 Å². The molecule has 0 spiro atoms. The standard InChI is InChI=1S/C22H27N5O2/c1-5-20(28)27-10-6-7-15(13-27)16-8-9-17(22(23)29)21-18(16)11-19(25-21)14(2)12-26(4)24-3/h5,8-9,11-12,15,25H,1,3,6-7,10,13H2,2,4H3,(H2,23,29)/b14-12+. The van der Waals surface area contributed by atoms with Gasteiger partial charge in [-0.3, -0.25) is 14.6 Å². The van der Waals surface area contributed by atoms with Crippen LogP contribution in [-0.4, -0.2) is 53.6 Å². The van der Waals surface area contributed by atoms with Crippen LogP contribution in [0, 0.1) is 0 Å². The second-order valence-electron chi connectivity index (χ2n) is 7.39. The maximum absolute atomic E-state index is 12.1. The summed E-state index contributed by atoms with van der Waals surface area (Å²) in [5.41, 5.74) is 9.71. The Labute approximate surface area is 170 Å². The minimum absolute atomic E-state index is 0.0480. The van der Waals surface area contributed by atoms with Gasteiger partial charge in [0.2, 0.25) is 5.91 Å². The topological polar surface area (TPSA) is 94.8 Å². The van der Waals surface area contributed by atoms with Crippen molar-refractivity contribution in [3.05, 3.63) is 53.9 Å². The number of primary amides is 1. The monoisotopic (exact) mass is 393 g/mol. The Morgan fingerprint density at radius 1 is 1.41 bits per heavy atom. The van der Waals surface area contributed by atoms with Crippen molar-refractivity contribution < 1.29 is 9.59 Å². The summed E-state index contributed by atoms with van der Waals surface area (Å²) >= 11 is 0. The van der Waals surface area contributed by atoms with Gasteiger partial charge in [-0.15, -0.1) is 0 Å². The molecule has 3 rings (SSSR count). The van der Waals surface area contributed by atoms with Gasteiger partial charge >= 0.3 is 0 Å². The Balaban J connectivity index is 2.08. The lowest BCUT2D eigenvalue weighted by Crippen LogP contribution is -2.38. The molecule has 1 aromatic heterocycles. The van der Waals surface area contributed by atoms with E-state index in [-0.39, 0.29) is 11.8 Å². The number of likely N-dealkylation sites (tertiary alicyclic amines) is 1. The number of carbonyl (C=O) groups is 2. The number of carbonyl (C=O) groups excluding carboxylic acids is 2. The van der Waals surface area contributed by atoms with Crippen molar-refractivity contribution in [3.63, 3.8) is 0 Å². The number of hydrogen-bond donors (Lipinski definition) is 2. The summed E-state index contributed by atoms with van der Waals surface area (Å²) < 4.78 is 0.